The van der Waals surface area contributed by atoms with E-state index in [1.165, 1.54) is 50.0 Å². The molecule has 0 bridgehead atoms. The number of thioether (sulfide) groups is 1. The topological polar surface area (TPSA) is 62.4 Å². The average molecular weight is 256 g/mol. The van der Waals surface area contributed by atoms with Crippen LogP contribution in [0.5, 0.6) is 0 Å². The normalized spacial score (nSPS) is 27.1. The quantitative estimate of drug-likeness (QED) is 0.310. The van der Waals surface area contributed by atoms with Crippen molar-refractivity contribution in [1.82, 2.24) is 10.7 Å². The van der Waals surface area contributed by atoms with Crippen molar-refractivity contribution in [2.45, 2.75) is 44.6 Å². The number of hydrogen-bond donors (Lipinski definition) is 3. The molecule has 1 aliphatic heterocycles. The molecular weight excluding hydrogens is 232 g/mol. The summed E-state index contributed by atoms with van der Waals surface area (Å²) in [5.74, 6) is 9.61. The van der Waals surface area contributed by atoms with Gasteiger partial charge in [0.15, 0.2) is 0 Å². The Balaban J connectivity index is 1.75. The van der Waals surface area contributed by atoms with Crippen LogP contribution in [-0.2, 0) is 0 Å². The second-order valence-corrected chi connectivity index (χ2v) is 6.19. The molecule has 0 aromatic carbocycles. The van der Waals surface area contributed by atoms with Crippen molar-refractivity contribution in [3.8, 4) is 0 Å². The van der Waals surface area contributed by atoms with Crippen molar-refractivity contribution >= 4 is 17.7 Å². The van der Waals surface area contributed by atoms with Gasteiger partial charge in [0.05, 0.1) is 0 Å². The minimum atomic E-state index is 0.566. The van der Waals surface area contributed by atoms with E-state index in [2.05, 4.69) is 15.7 Å². The van der Waals surface area contributed by atoms with Crippen molar-refractivity contribution in [1.29, 1.82) is 0 Å². The Morgan fingerprint density at radius 2 is 2.06 bits per heavy atom. The molecule has 1 saturated heterocycles. The summed E-state index contributed by atoms with van der Waals surface area (Å²) in [5.41, 5.74) is 2.71. The van der Waals surface area contributed by atoms with Crippen LogP contribution >= 0.6 is 11.8 Å². The van der Waals surface area contributed by atoms with Crippen LogP contribution in [0.2, 0.25) is 0 Å². The van der Waals surface area contributed by atoms with E-state index in [-0.39, 0.29) is 0 Å². The van der Waals surface area contributed by atoms with Gasteiger partial charge in [-0.1, -0.05) is 19.3 Å². The third kappa shape index (κ3) is 4.39. The van der Waals surface area contributed by atoms with Gasteiger partial charge in [0.1, 0.15) is 0 Å². The standard InChI is InChI=1S/C12H24N4S/c13-16-12(14-8-10-6-7-17-9-10)15-11-4-2-1-3-5-11/h10-11H,1-9,13H2,(H2,14,15,16). The van der Waals surface area contributed by atoms with Crippen LogP contribution < -0.4 is 16.6 Å². The molecule has 1 atom stereocenters. The number of nitrogens with one attached hydrogen (secondary N) is 2. The highest BCUT2D eigenvalue weighted by Gasteiger charge is 2.16. The summed E-state index contributed by atoms with van der Waals surface area (Å²) in [6.45, 7) is 0.909. The summed E-state index contributed by atoms with van der Waals surface area (Å²) in [7, 11) is 0. The Morgan fingerprint density at radius 1 is 1.24 bits per heavy atom. The summed E-state index contributed by atoms with van der Waals surface area (Å²) >= 11 is 2.04. The fraction of sp³-hybridized carbons (Fsp3) is 0.917. The maximum Gasteiger partial charge on any atom is 0.205 e. The van der Waals surface area contributed by atoms with E-state index >= 15 is 0 Å². The third-order valence-corrected chi connectivity index (χ3v) is 4.85. The lowest BCUT2D eigenvalue weighted by molar-refractivity contribution is 0.409. The first-order valence-corrected chi connectivity index (χ1v) is 7.89. The number of hydrazine groups is 1. The monoisotopic (exact) mass is 256 g/mol. The Hall–Kier alpha value is -0.420. The fourth-order valence-electron chi connectivity index (χ4n) is 2.52. The van der Waals surface area contributed by atoms with E-state index in [4.69, 9.17) is 5.84 Å². The first-order valence-electron chi connectivity index (χ1n) is 6.74. The molecule has 0 spiro atoms. The van der Waals surface area contributed by atoms with Crippen LogP contribution in [0.1, 0.15) is 38.5 Å². The minimum Gasteiger partial charge on any atom is -0.353 e. The third-order valence-electron chi connectivity index (χ3n) is 3.61. The van der Waals surface area contributed by atoms with Crippen molar-refractivity contribution in [3.63, 3.8) is 0 Å². The number of aliphatic imine (C=N–C) groups is 1. The summed E-state index contributed by atoms with van der Waals surface area (Å²) in [6, 6.07) is 0.566. The molecule has 5 heteroatoms. The zero-order valence-corrected chi connectivity index (χ0v) is 11.3. The number of rotatable bonds is 3. The molecule has 1 heterocycles. The van der Waals surface area contributed by atoms with Gasteiger partial charge in [0.25, 0.3) is 0 Å². The van der Waals surface area contributed by atoms with E-state index in [9.17, 15) is 0 Å². The van der Waals surface area contributed by atoms with Gasteiger partial charge in [-0.05, 0) is 36.7 Å². The molecule has 1 saturated carbocycles. The highest BCUT2D eigenvalue weighted by Crippen LogP contribution is 2.23. The largest absolute Gasteiger partial charge is 0.353 e. The van der Waals surface area contributed by atoms with Gasteiger partial charge >= 0.3 is 0 Å². The van der Waals surface area contributed by atoms with Gasteiger partial charge in [-0.25, -0.2) is 5.84 Å². The molecule has 0 radical (unpaired) electrons. The lowest BCUT2D eigenvalue weighted by Crippen LogP contribution is -2.47. The molecule has 98 valence electrons. The SMILES string of the molecule is NNC(=NCC1CCSC1)NC1CCCCC1. The molecule has 0 aromatic heterocycles. The number of nitrogens with two attached hydrogens (primary N) is 1. The van der Waals surface area contributed by atoms with Gasteiger partial charge in [-0.3, -0.25) is 10.4 Å². The lowest BCUT2D eigenvalue weighted by atomic mass is 9.96. The van der Waals surface area contributed by atoms with Crippen LogP contribution in [0.15, 0.2) is 4.99 Å². The van der Waals surface area contributed by atoms with E-state index in [1.807, 2.05) is 11.8 Å². The molecule has 0 amide bonds. The molecule has 4 N–H and O–H groups in total. The van der Waals surface area contributed by atoms with Crippen molar-refractivity contribution in [3.05, 3.63) is 0 Å². The van der Waals surface area contributed by atoms with E-state index in [0.717, 1.165) is 18.4 Å². The first-order chi connectivity index (χ1) is 8.38. The maximum atomic E-state index is 5.53. The summed E-state index contributed by atoms with van der Waals surface area (Å²) in [5, 5.41) is 3.44. The molecule has 1 unspecified atom stereocenters. The fourth-order valence-corrected chi connectivity index (χ4v) is 3.79. The molecular formula is C12H24N4S. The molecule has 0 aromatic rings. The molecule has 2 rings (SSSR count). The molecule has 17 heavy (non-hydrogen) atoms. The molecule has 4 nitrogen and oxygen atoms in total. The second-order valence-electron chi connectivity index (χ2n) is 5.04. The Kier molecular flexibility index (Phi) is 5.45. The smallest absolute Gasteiger partial charge is 0.205 e. The molecule has 2 fully saturated rings. The summed E-state index contributed by atoms with van der Waals surface area (Å²) < 4.78 is 0. The highest BCUT2D eigenvalue weighted by atomic mass is 32.2. The summed E-state index contributed by atoms with van der Waals surface area (Å²) in [4.78, 5) is 4.57. The average Bonchev–Trinajstić information content (AvgIpc) is 2.89. The van der Waals surface area contributed by atoms with Gasteiger partial charge in [-0.15, -0.1) is 0 Å². The number of hydrogen-bond acceptors (Lipinski definition) is 3. The van der Waals surface area contributed by atoms with Crippen LogP contribution in [0.3, 0.4) is 0 Å². The maximum absolute atomic E-state index is 5.53. The lowest BCUT2D eigenvalue weighted by Gasteiger charge is -2.24. The van der Waals surface area contributed by atoms with Crippen molar-refractivity contribution in [2.24, 2.45) is 16.8 Å². The Morgan fingerprint density at radius 3 is 2.71 bits per heavy atom. The van der Waals surface area contributed by atoms with Gasteiger partial charge in [0.2, 0.25) is 5.96 Å². The Bertz CT molecular complexity index is 245. The Labute approximate surface area is 108 Å². The number of guanidine groups is 1. The molecule has 1 aliphatic carbocycles. The number of nitrogens with zero attached hydrogens (tertiary/aromatic N) is 1. The molecule has 2 aliphatic rings. The minimum absolute atomic E-state index is 0.566. The zero-order chi connectivity index (χ0) is 11.9. The predicted octanol–water partition coefficient (Wildman–Crippen LogP) is 1.48. The van der Waals surface area contributed by atoms with E-state index in [1.54, 1.807) is 0 Å². The predicted molar refractivity (Wildman–Crippen MR) is 75.1 cm³/mol. The van der Waals surface area contributed by atoms with Gasteiger partial charge < -0.3 is 5.32 Å². The van der Waals surface area contributed by atoms with Crippen LogP contribution in [-0.4, -0.2) is 30.1 Å². The van der Waals surface area contributed by atoms with E-state index < -0.39 is 0 Å². The summed E-state index contributed by atoms with van der Waals surface area (Å²) in [6.07, 6.45) is 7.83. The van der Waals surface area contributed by atoms with Gasteiger partial charge in [0, 0.05) is 12.6 Å². The van der Waals surface area contributed by atoms with Gasteiger partial charge in [-0.2, -0.15) is 11.8 Å². The van der Waals surface area contributed by atoms with Crippen LogP contribution in [0, 0.1) is 5.92 Å². The first kappa shape index (κ1) is 13.0. The second kappa shape index (κ2) is 7.11. The highest BCUT2D eigenvalue weighted by molar-refractivity contribution is 7.99. The zero-order valence-electron chi connectivity index (χ0n) is 10.5. The van der Waals surface area contributed by atoms with Crippen LogP contribution in [0.4, 0.5) is 0 Å². The van der Waals surface area contributed by atoms with Crippen molar-refractivity contribution in [2.75, 3.05) is 18.1 Å². The van der Waals surface area contributed by atoms with E-state index in [0.29, 0.717) is 6.04 Å². The van der Waals surface area contributed by atoms with Crippen LogP contribution in [0.25, 0.3) is 0 Å². The van der Waals surface area contributed by atoms with Crippen molar-refractivity contribution < 1.29 is 0 Å².